The van der Waals surface area contributed by atoms with E-state index in [0.29, 0.717) is 11.5 Å². The molecule has 1 saturated heterocycles. The Morgan fingerprint density at radius 1 is 1.22 bits per heavy atom. The third-order valence-corrected chi connectivity index (χ3v) is 3.91. The van der Waals surface area contributed by atoms with Gasteiger partial charge in [0.25, 0.3) is 0 Å². The Bertz CT molecular complexity index is 224. The van der Waals surface area contributed by atoms with Crippen LogP contribution in [0.15, 0.2) is 0 Å². The molecule has 1 aliphatic rings. The Labute approximate surface area is 114 Å². The summed E-state index contributed by atoms with van der Waals surface area (Å²) >= 11 is 0. The molecule has 0 radical (unpaired) electrons. The van der Waals surface area contributed by atoms with E-state index in [-0.39, 0.29) is 0 Å². The summed E-state index contributed by atoms with van der Waals surface area (Å²) in [4.78, 5) is 4.94. The van der Waals surface area contributed by atoms with Crippen molar-refractivity contribution in [1.29, 1.82) is 0 Å². The van der Waals surface area contributed by atoms with E-state index < -0.39 is 0 Å². The summed E-state index contributed by atoms with van der Waals surface area (Å²) in [5, 5.41) is 0. The maximum Gasteiger partial charge on any atom is 0.0223 e. The molecule has 0 aromatic heterocycles. The molecule has 1 heterocycles. The van der Waals surface area contributed by atoms with Crippen molar-refractivity contribution < 1.29 is 0 Å². The van der Waals surface area contributed by atoms with Gasteiger partial charge in [-0.1, -0.05) is 20.8 Å². The van der Waals surface area contributed by atoms with Gasteiger partial charge in [0.15, 0.2) is 0 Å². The standard InChI is InChI=1S/C15H33N3/c1-15(2,3)10-14(11-16)18-8-6-13(7-9-18)12-17(4)5/h13-14H,6-12,16H2,1-5H3. The molecule has 0 aliphatic carbocycles. The van der Waals surface area contributed by atoms with E-state index in [9.17, 15) is 0 Å². The molecule has 108 valence electrons. The van der Waals surface area contributed by atoms with E-state index in [0.717, 1.165) is 12.5 Å². The van der Waals surface area contributed by atoms with Gasteiger partial charge in [0.1, 0.15) is 0 Å². The lowest BCUT2D eigenvalue weighted by molar-refractivity contribution is 0.0983. The molecule has 18 heavy (non-hydrogen) atoms. The third-order valence-electron chi connectivity index (χ3n) is 3.91. The maximum atomic E-state index is 5.98. The highest BCUT2D eigenvalue weighted by atomic mass is 15.2. The van der Waals surface area contributed by atoms with Crippen molar-refractivity contribution in [3.05, 3.63) is 0 Å². The molecule has 0 spiro atoms. The van der Waals surface area contributed by atoms with E-state index in [1.54, 1.807) is 0 Å². The average Bonchev–Trinajstić information content (AvgIpc) is 2.25. The molecule has 2 N–H and O–H groups in total. The van der Waals surface area contributed by atoms with Crippen LogP contribution in [0, 0.1) is 11.3 Å². The van der Waals surface area contributed by atoms with Crippen LogP contribution in [0.4, 0.5) is 0 Å². The van der Waals surface area contributed by atoms with Crippen molar-refractivity contribution in [2.24, 2.45) is 17.1 Å². The van der Waals surface area contributed by atoms with Crippen molar-refractivity contribution in [3.8, 4) is 0 Å². The minimum absolute atomic E-state index is 0.379. The Morgan fingerprint density at radius 2 is 1.78 bits per heavy atom. The molecule has 1 atom stereocenters. The van der Waals surface area contributed by atoms with Gasteiger partial charge in [-0.25, -0.2) is 0 Å². The van der Waals surface area contributed by atoms with Crippen LogP contribution in [0.3, 0.4) is 0 Å². The molecule has 0 saturated carbocycles. The number of nitrogens with two attached hydrogens (primary N) is 1. The first kappa shape index (κ1) is 15.9. The fraction of sp³-hybridized carbons (Fsp3) is 1.00. The van der Waals surface area contributed by atoms with Crippen molar-refractivity contribution in [2.75, 3.05) is 40.3 Å². The second-order valence-corrected chi connectivity index (χ2v) is 7.40. The van der Waals surface area contributed by atoms with E-state index in [4.69, 9.17) is 5.73 Å². The number of piperidine rings is 1. The minimum Gasteiger partial charge on any atom is -0.329 e. The molecule has 3 nitrogen and oxygen atoms in total. The third kappa shape index (κ3) is 5.68. The van der Waals surface area contributed by atoms with Gasteiger partial charge in [-0.05, 0) is 57.8 Å². The number of nitrogens with zero attached hydrogens (tertiary/aromatic N) is 2. The first-order valence-corrected chi connectivity index (χ1v) is 7.40. The zero-order valence-electron chi connectivity index (χ0n) is 13.1. The van der Waals surface area contributed by atoms with Gasteiger partial charge in [-0.2, -0.15) is 0 Å². The van der Waals surface area contributed by atoms with E-state index in [1.165, 1.54) is 38.9 Å². The van der Waals surface area contributed by atoms with Gasteiger partial charge in [0.2, 0.25) is 0 Å². The van der Waals surface area contributed by atoms with Crippen LogP contribution in [0.2, 0.25) is 0 Å². The van der Waals surface area contributed by atoms with Crippen LogP contribution in [0.1, 0.15) is 40.0 Å². The monoisotopic (exact) mass is 255 g/mol. The molecular weight excluding hydrogens is 222 g/mol. The largest absolute Gasteiger partial charge is 0.329 e. The highest BCUT2D eigenvalue weighted by Gasteiger charge is 2.27. The van der Waals surface area contributed by atoms with Crippen LogP contribution in [-0.2, 0) is 0 Å². The summed E-state index contributed by atoms with van der Waals surface area (Å²) in [6, 6.07) is 0.574. The Hall–Kier alpha value is -0.120. The first-order valence-electron chi connectivity index (χ1n) is 7.40. The lowest BCUT2D eigenvalue weighted by atomic mass is 9.86. The Balaban J connectivity index is 2.40. The summed E-state index contributed by atoms with van der Waals surface area (Å²) in [6.07, 6.45) is 3.87. The van der Waals surface area contributed by atoms with Crippen molar-refractivity contribution in [1.82, 2.24) is 9.80 Å². The second kappa shape index (κ2) is 6.88. The second-order valence-electron chi connectivity index (χ2n) is 7.40. The van der Waals surface area contributed by atoms with Crippen molar-refractivity contribution >= 4 is 0 Å². The molecule has 0 bridgehead atoms. The number of rotatable bonds is 5. The van der Waals surface area contributed by atoms with Crippen LogP contribution >= 0.6 is 0 Å². The number of hydrogen-bond donors (Lipinski definition) is 1. The summed E-state index contributed by atoms with van der Waals surface area (Å²) in [7, 11) is 4.35. The van der Waals surface area contributed by atoms with Crippen molar-refractivity contribution in [3.63, 3.8) is 0 Å². The highest BCUT2D eigenvalue weighted by molar-refractivity contribution is 4.83. The summed E-state index contributed by atoms with van der Waals surface area (Å²) in [6.45, 7) is 11.4. The van der Waals surface area contributed by atoms with Gasteiger partial charge < -0.3 is 10.6 Å². The molecule has 1 unspecified atom stereocenters. The van der Waals surface area contributed by atoms with Crippen LogP contribution in [0.25, 0.3) is 0 Å². The fourth-order valence-electron chi connectivity index (χ4n) is 3.09. The summed E-state index contributed by atoms with van der Waals surface area (Å²) < 4.78 is 0. The number of likely N-dealkylation sites (tertiary alicyclic amines) is 1. The molecule has 0 aromatic rings. The normalized spacial score (nSPS) is 21.5. The highest BCUT2D eigenvalue weighted by Crippen LogP contribution is 2.26. The Kier molecular flexibility index (Phi) is 6.09. The SMILES string of the molecule is CN(C)CC1CCN(C(CN)CC(C)(C)C)CC1. The molecule has 1 aliphatic heterocycles. The lowest BCUT2D eigenvalue weighted by Gasteiger charge is -2.40. The molecule has 1 fully saturated rings. The molecular formula is C15H33N3. The van der Waals surface area contributed by atoms with Crippen molar-refractivity contribution in [2.45, 2.75) is 46.1 Å². The van der Waals surface area contributed by atoms with Gasteiger partial charge in [0, 0.05) is 19.1 Å². The topological polar surface area (TPSA) is 32.5 Å². The predicted octanol–water partition coefficient (Wildman–Crippen LogP) is 2.02. The minimum atomic E-state index is 0.379. The maximum absolute atomic E-state index is 5.98. The fourth-order valence-corrected chi connectivity index (χ4v) is 3.09. The van der Waals surface area contributed by atoms with Gasteiger partial charge >= 0.3 is 0 Å². The first-order chi connectivity index (χ1) is 8.31. The quantitative estimate of drug-likeness (QED) is 0.816. The van der Waals surface area contributed by atoms with E-state index >= 15 is 0 Å². The van der Waals surface area contributed by atoms with Gasteiger partial charge in [0.05, 0.1) is 0 Å². The zero-order chi connectivity index (χ0) is 13.8. The van der Waals surface area contributed by atoms with Gasteiger partial charge in [-0.3, -0.25) is 4.90 Å². The molecule has 0 aromatic carbocycles. The molecule has 0 amide bonds. The van der Waals surface area contributed by atoms with Gasteiger partial charge in [-0.15, -0.1) is 0 Å². The smallest absolute Gasteiger partial charge is 0.0223 e. The zero-order valence-corrected chi connectivity index (χ0v) is 13.1. The van der Waals surface area contributed by atoms with Crippen LogP contribution in [0.5, 0.6) is 0 Å². The molecule has 3 heteroatoms. The lowest BCUT2D eigenvalue weighted by Crippen LogP contribution is -2.47. The molecule has 1 rings (SSSR count). The number of hydrogen-bond acceptors (Lipinski definition) is 3. The summed E-state index contributed by atoms with van der Waals surface area (Å²) in [5.74, 6) is 0.879. The van der Waals surface area contributed by atoms with E-state index in [2.05, 4.69) is 44.7 Å². The van der Waals surface area contributed by atoms with Crippen LogP contribution < -0.4 is 5.73 Å². The van der Waals surface area contributed by atoms with E-state index in [1.807, 2.05) is 0 Å². The Morgan fingerprint density at radius 3 is 2.17 bits per heavy atom. The predicted molar refractivity (Wildman–Crippen MR) is 79.8 cm³/mol. The average molecular weight is 255 g/mol. The van der Waals surface area contributed by atoms with Crippen LogP contribution in [-0.4, -0.2) is 56.1 Å². The summed E-state index contributed by atoms with van der Waals surface area (Å²) in [5.41, 5.74) is 6.36.